The molecule has 3 nitrogen and oxygen atoms in total. The van der Waals surface area contributed by atoms with E-state index < -0.39 is 5.82 Å². The van der Waals surface area contributed by atoms with Crippen LogP contribution in [-0.2, 0) is 6.42 Å². The van der Waals surface area contributed by atoms with Gasteiger partial charge in [0.05, 0.1) is 19.5 Å². The lowest BCUT2D eigenvalue weighted by Crippen LogP contribution is -1.90. The number of nitrogens with zero attached hydrogens (tertiary/aromatic N) is 2. The van der Waals surface area contributed by atoms with Crippen LogP contribution < -0.4 is 4.74 Å². The highest BCUT2D eigenvalue weighted by atomic mass is 19.1. The zero-order valence-electron chi connectivity index (χ0n) is 12.1. The molecule has 0 saturated carbocycles. The fourth-order valence-corrected chi connectivity index (χ4v) is 1.80. The smallest absolute Gasteiger partial charge is 0.165 e. The average Bonchev–Trinajstić information content (AvgIpc) is 2.52. The summed E-state index contributed by atoms with van der Waals surface area (Å²) in [6, 6.07) is 12.7. The molecule has 2 rings (SSSR count). The highest BCUT2D eigenvalue weighted by molar-refractivity contribution is 5.82. The van der Waals surface area contributed by atoms with Gasteiger partial charge in [-0.25, -0.2) is 4.39 Å². The number of methoxy groups -OCH3 is 1. The number of hydrogen-bond donors (Lipinski definition) is 0. The predicted molar refractivity (Wildman–Crippen MR) is 84.0 cm³/mol. The largest absolute Gasteiger partial charge is 0.494 e. The molecule has 0 amide bonds. The van der Waals surface area contributed by atoms with E-state index in [4.69, 9.17) is 4.74 Å². The van der Waals surface area contributed by atoms with E-state index in [0.29, 0.717) is 5.56 Å². The van der Waals surface area contributed by atoms with Crippen molar-refractivity contribution in [2.45, 2.75) is 13.3 Å². The van der Waals surface area contributed by atoms with Crippen molar-refractivity contribution < 1.29 is 9.13 Å². The lowest BCUT2D eigenvalue weighted by Gasteiger charge is -2.00. The van der Waals surface area contributed by atoms with Gasteiger partial charge in [-0.15, -0.1) is 0 Å². The lowest BCUT2D eigenvalue weighted by molar-refractivity contribution is 0.386. The molecular formula is C17H17FN2O. The quantitative estimate of drug-likeness (QED) is 0.606. The summed E-state index contributed by atoms with van der Waals surface area (Å²) >= 11 is 0. The maximum absolute atomic E-state index is 13.5. The number of ether oxygens (including phenoxy) is 1. The first-order chi connectivity index (χ1) is 10.2. The Labute approximate surface area is 123 Å². The molecule has 0 aliphatic heterocycles. The average molecular weight is 284 g/mol. The Morgan fingerprint density at radius 2 is 1.62 bits per heavy atom. The summed E-state index contributed by atoms with van der Waals surface area (Å²) in [5, 5.41) is 7.87. The summed E-state index contributed by atoms with van der Waals surface area (Å²) in [5.74, 6) is -0.202. The van der Waals surface area contributed by atoms with Crippen LogP contribution in [0.4, 0.5) is 4.39 Å². The second-order valence-corrected chi connectivity index (χ2v) is 4.48. The van der Waals surface area contributed by atoms with Crippen LogP contribution in [0.5, 0.6) is 5.75 Å². The minimum absolute atomic E-state index is 0.215. The molecule has 0 fully saturated rings. The topological polar surface area (TPSA) is 34.0 Å². The van der Waals surface area contributed by atoms with Crippen molar-refractivity contribution in [2.24, 2.45) is 10.2 Å². The molecule has 0 aliphatic carbocycles. The SMILES string of the molecule is CCc1ccc(C=NN=Cc2ccc(OC)c(F)c2)cc1. The fraction of sp³-hybridized carbons (Fsp3) is 0.176. The molecule has 0 aromatic heterocycles. The lowest BCUT2D eigenvalue weighted by atomic mass is 10.1. The van der Waals surface area contributed by atoms with Crippen molar-refractivity contribution in [3.05, 3.63) is 65.0 Å². The molecule has 0 saturated heterocycles. The van der Waals surface area contributed by atoms with Gasteiger partial charge in [0.1, 0.15) is 0 Å². The standard InChI is InChI=1S/C17H17FN2O/c1-3-13-4-6-14(7-5-13)11-19-20-12-15-8-9-17(21-2)16(18)10-15/h4-12H,3H2,1-2H3. The van der Waals surface area contributed by atoms with Gasteiger partial charge in [-0.2, -0.15) is 10.2 Å². The molecule has 0 radical (unpaired) electrons. The molecule has 2 aromatic rings. The van der Waals surface area contributed by atoms with E-state index in [1.165, 1.54) is 25.0 Å². The van der Waals surface area contributed by atoms with E-state index in [9.17, 15) is 4.39 Å². The summed E-state index contributed by atoms with van der Waals surface area (Å²) in [6.07, 6.45) is 4.17. The minimum atomic E-state index is -0.416. The number of hydrogen-bond acceptors (Lipinski definition) is 3. The molecule has 0 N–H and O–H groups in total. The molecule has 108 valence electrons. The van der Waals surface area contributed by atoms with Crippen molar-refractivity contribution in [1.82, 2.24) is 0 Å². The van der Waals surface area contributed by atoms with Crippen LogP contribution in [0.15, 0.2) is 52.7 Å². The molecular weight excluding hydrogens is 267 g/mol. The predicted octanol–water partition coefficient (Wildman–Crippen LogP) is 3.85. The van der Waals surface area contributed by atoms with Crippen molar-refractivity contribution in [2.75, 3.05) is 7.11 Å². The number of benzene rings is 2. The Morgan fingerprint density at radius 3 is 2.19 bits per heavy atom. The van der Waals surface area contributed by atoms with Crippen LogP contribution in [0.2, 0.25) is 0 Å². The third kappa shape index (κ3) is 4.24. The van der Waals surface area contributed by atoms with Gasteiger partial charge in [0, 0.05) is 0 Å². The molecule has 0 bridgehead atoms. The van der Waals surface area contributed by atoms with E-state index in [2.05, 4.69) is 29.3 Å². The second kappa shape index (κ2) is 7.33. The van der Waals surface area contributed by atoms with E-state index in [0.717, 1.165) is 12.0 Å². The van der Waals surface area contributed by atoms with Gasteiger partial charge in [-0.3, -0.25) is 0 Å². The molecule has 4 heteroatoms. The van der Waals surface area contributed by atoms with Gasteiger partial charge in [0.15, 0.2) is 11.6 Å². The van der Waals surface area contributed by atoms with Gasteiger partial charge >= 0.3 is 0 Å². The highest BCUT2D eigenvalue weighted by Crippen LogP contribution is 2.16. The minimum Gasteiger partial charge on any atom is -0.494 e. The van der Waals surface area contributed by atoms with Crippen LogP contribution in [0.1, 0.15) is 23.6 Å². The maximum Gasteiger partial charge on any atom is 0.165 e. The van der Waals surface area contributed by atoms with Gasteiger partial charge in [-0.05, 0) is 41.3 Å². The van der Waals surface area contributed by atoms with Crippen LogP contribution in [0.3, 0.4) is 0 Å². The Bertz CT molecular complexity index is 648. The van der Waals surface area contributed by atoms with Crippen molar-refractivity contribution in [1.29, 1.82) is 0 Å². The summed E-state index contributed by atoms with van der Waals surface area (Å²) in [4.78, 5) is 0. The third-order valence-electron chi connectivity index (χ3n) is 3.04. The number of aryl methyl sites for hydroxylation is 1. The third-order valence-corrected chi connectivity index (χ3v) is 3.04. The van der Waals surface area contributed by atoms with Crippen LogP contribution >= 0.6 is 0 Å². The Hall–Kier alpha value is -2.49. The molecule has 2 aromatic carbocycles. The van der Waals surface area contributed by atoms with Gasteiger partial charge in [0.25, 0.3) is 0 Å². The van der Waals surface area contributed by atoms with Gasteiger partial charge < -0.3 is 4.74 Å². The van der Waals surface area contributed by atoms with E-state index >= 15 is 0 Å². The Balaban J connectivity index is 2.00. The van der Waals surface area contributed by atoms with Crippen molar-refractivity contribution >= 4 is 12.4 Å². The zero-order chi connectivity index (χ0) is 15.1. The first-order valence-electron chi connectivity index (χ1n) is 6.72. The highest BCUT2D eigenvalue weighted by Gasteiger charge is 2.01. The van der Waals surface area contributed by atoms with E-state index in [-0.39, 0.29) is 5.75 Å². The second-order valence-electron chi connectivity index (χ2n) is 4.48. The number of halogens is 1. The molecule has 0 spiro atoms. The zero-order valence-corrected chi connectivity index (χ0v) is 12.1. The first kappa shape index (κ1) is 14.9. The normalized spacial score (nSPS) is 11.4. The van der Waals surface area contributed by atoms with Crippen molar-refractivity contribution in [3.8, 4) is 5.75 Å². The summed E-state index contributed by atoms with van der Waals surface area (Å²) < 4.78 is 18.3. The first-order valence-corrected chi connectivity index (χ1v) is 6.72. The van der Waals surface area contributed by atoms with Gasteiger partial charge in [-0.1, -0.05) is 31.2 Å². The fourth-order valence-electron chi connectivity index (χ4n) is 1.80. The summed E-state index contributed by atoms with van der Waals surface area (Å²) in [7, 11) is 1.43. The maximum atomic E-state index is 13.5. The van der Waals surface area contributed by atoms with Gasteiger partial charge in [0.2, 0.25) is 0 Å². The summed E-state index contributed by atoms with van der Waals surface area (Å²) in [5.41, 5.74) is 2.89. The number of rotatable bonds is 5. The van der Waals surface area contributed by atoms with Crippen LogP contribution in [0, 0.1) is 5.82 Å². The van der Waals surface area contributed by atoms with Crippen LogP contribution in [-0.4, -0.2) is 19.5 Å². The Kier molecular flexibility index (Phi) is 5.21. The monoisotopic (exact) mass is 284 g/mol. The molecule has 0 heterocycles. The molecule has 21 heavy (non-hydrogen) atoms. The summed E-state index contributed by atoms with van der Waals surface area (Å²) in [6.45, 7) is 2.11. The molecule has 0 atom stereocenters. The molecule has 0 unspecified atom stereocenters. The van der Waals surface area contributed by atoms with Crippen molar-refractivity contribution in [3.63, 3.8) is 0 Å². The molecule has 0 aliphatic rings. The van der Waals surface area contributed by atoms with Crippen LogP contribution in [0.25, 0.3) is 0 Å². The van der Waals surface area contributed by atoms with E-state index in [1.807, 2.05) is 12.1 Å². The van der Waals surface area contributed by atoms with E-state index in [1.54, 1.807) is 18.3 Å². The Morgan fingerprint density at radius 1 is 1.00 bits per heavy atom.